The summed E-state index contributed by atoms with van der Waals surface area (Å²) in [7, 11) is 0. The topological polar surface area (TPSA) is 0 Å². The first-order valence-corrected chi connectivity index (χ1v) is 6.12. The van der Waals surface area contributed by atoms with Gasteiger partial charge in [-0.25, -0.2) is 17.6 Å². The molecule has 2 rings (SSSR count). The Bertz CT molecular complexity index is 571. The van der Waals surface area contributed by atoms with Crippen LogP contribution < -0.4 is 29.6 Å². The number of benzene rings is 2. The van der Waals surface area contributed by atoms with E-state index in [9.17, 15) is 35.1 Å². The van der Waals surface area contributed by atoms with E-state index in [0.29, 0.717) is 0 Å². The first-order valence-electron chi connectivity index (χ1n) is 6.12. The molecule has 9 heteroatoms. The maximum atomic E-state index is 11.9. The van der Waals surface area contributed by atoms with E-state index in [4.69, 9.17) is 0 Å². The molecule has 0 atom stereocenters. The molecule has 0 aromatic heterocycles. The van der Waals surface area contributed by atoms with Crippen LogP contribution in [0.25, 0.3) is 10.8 Å². The molecule has 2 aromatic rings. The maximum Gasteiger partial charge on any atom is 1.00 e. The van der Waals surface area contributed by atoms with E-state index in [1.165, 1.54) is 17.7 Å². The van der Waals surface area contributed by atoms with Gasteiger partial charge in [-0.15, -0.1) is 0 Å². The van der Waals surface area contributed by atoms with Gasteiger partial charge >= 0.3 is 47.8 Å². The van der Waals surface area contributed by atoms with Gasteiger partial charge in [0, 0.05) is 0 Å². The predicted octanol–water partition coefficient (Wildman–Crippen LogP) is 2.84. The van der Waals surface area contributed by atoms with Crippen LogP contribution in [0.1, 0.15) is 0 Å². The summed E-state index contributed by atoms with van der Waals surface area (Å²) < 4.78 is 93.3. The van der Waals surface area contributed by atoms with Crippen LogP contribution >= 0.6 is 0 Å². The molecule has 128 valence electrons. The van der Waals surface area contributed by atoms with Crippen molar-refractivity contribution in [2.45, 2.75) is 24.2 Å². The van der Waals surface area contributed by atoms with Gasteiger partial charge in [0.15, 0.2) is 5.92 Å². The number of rotatable bonds is 3. The largest absolute Gasteiger partial charge is 1.00 e. The molecule has 0 aliphatic heterocycles. The zero-order valence-electron chi connectivity index (χ0n) is 12.4. The summed E-state index contributed by atoms with van der Waals surface area (Å²) in [4.78, 5) is 0. The molecule has 0 fully saturated rings. The van der Waals surface area contributed by atoms with Gasteiger partial charge in [0.05, 0.1) is 0 Å². The summed E-state index contributed by atoms with van der Waals surface area (Å²) in [5, 5.41) is 2.62. The number of alkyl halides is 8. The van der Waals surface area contributed by atoms with Gasteiger partial charge in [-0.05, 0) is 10.8 Å². The molecule has 0 aliphatic rings. The zero-order valence-corrected chi connectivity index (χ0v) is 14.4. The molecule has 0 heterocycles. The van der Waals surface area contributed by atoms with Crippen molar-refractivity contribution in [1.29, 1.82) is 0 Å². The van der Waals surface area contributed by atoms with Gasteiger partial charge in [-0.3, -0.25) is 6.92 Å². The molecule has 0 nitrogen and oxygen atoms in total. The Labute approximate surface area is 155 Å². The SMILES string of the molecule is [CH2-]C(F)(F)C(F)(F)C(F)(F)C(F)F.[Na+].c1ccc2ccccc2c1. The minimum absolute atomic E-state index is 0. The van der Waals surface area contributed by atoms with Crippen molar-refractivity contribution in [3.05, 3.63) is 55.5 Å². The van der Waals surface area contributed by atoms with Crippen LogP contribution in [0.3, 0.4) is 0 Å². The van der Waals surface area contributed by atoms with E-state index in [-0.39, 0.29) is 29.6 Å². The molecule has 24 heavy (non-hydrogen) atoms. The second kappa shape index (κ2) is 8.49. The maximum absolute atomic E-state index is 11.9. The second-order valence-electron chi connectivity index (χ2n) is 4.55. The second-order valence-corrected chi connectivity index (χ2v) is 4.55. The Hall–Kier alpha value is -0.860. The Morgan fingerprint density at radius 3 is 1.17 bits per heavy atom. The van der Waals surface area contributed by atoms with Crippen LogP contribution in [-0.2, 0) is 0 Å². The number of halogens is 8. The molecule has 0 saturated heterocycles. The summed E-state index contributed by atoms with van der Waals surface area (Å²) in [6.45, 7) is 1.39. The summed E-state index contributed by atoms with van der Waals surface area (Å²) in [6.07, 6.45) is -4.88. The number of fused-ring (bicyclic) bond motifs is 1. The normalized spacial score (nSPS) is 12.4. The molecule has 2 aromatic carbocycles. The van der Waals surface area contributed by atoms with Crippen LogP contribution in [0.5, 0.6) is 0 Å². The van der Waals surface area contributed by atoms with E-state index in [0.717, 1.165) is 0 Å². The molecule has 0 aliphatic carbocycles. The molecule has 0 radical (unpaired) electrons. The van der Waals surface area contributed by atoms with Crippen molar-refractivity contribution in [2.24, 2.45) is 0 Å². The average Bonchev–Trinajstić information content (AvgIpc) is 2.46. The van der Waals surface area contributed by atoms with Gasteiger partial charge in [0.1, 0.15) is 0 Å². The van der Waals surface area contributed by atoms with Gasteiger partial charge in [0.25, 0.3) is 0 Å². The first kappa shape index (κ1) is 23.1. The Morgan fingerprint density at radius 2 is 1.00 bits per heavy atom. The van der Waals surface area contributed by atoms with Gasteiger partial charge < -0.3 is 0 Å². The molecule has 0 spiro atoms. The minimum Gasteiger partial charge on any atom is -0.268 e. The summed E-state index contributed by atoms with van der Waals surface area (Å²) >= 11 is 0. The van der Waals surface area contributed by atoms with Crippen LogP contribution in [0.15, 0.2) is 48.5 Å². The summed E-state index contributed by atoms with van der Waals surface area (Å²) in [5.74, 6) is -17.7. The van der Waals surface area contributed by atoms with Gasteiger partial charge in [-0.2, -0.15) is 17.6 Å². The quantitative estimate of drug-likeness (QED) is 0.445. The molecule has 0 bridgehead atoms. The molecule has 0 N–H and O–H groups in total. The fourth-order valence-corrected chi connectivity index (χ4v) is 1.51. The summed E-state index contributed by atoms with van der Waals surface area (Å²) in [5.41, 5.74) is 0. The Balaban J connectivity index is 0.000000432. The summed E-state index contributed by atoms with van der Waals surface area (Å²) in [6, 6.07) is 16.7. The molecule has 0 unspecified atom stereocenters. The number of hydrogen-bond acceptors (Lipinski definition) is 0. The van der Waals surface area contributed by atoms with Gasteiger partial charge in [-0.1, -0.05) is 48.5 Å². The van der Waals surface area contributed by atoms with Crippen LogP contribution in [-0.4, -0.2) is 24.2 Å². The fourth-order valence-electron chi connectivity index (χ4n) is 1.51. The molecule has 0 amide bonds. The third kappa shape index (κ3) is 5.07. The third-order valence-corrected chi connectivity index (χ3v) is 2.81. The molecular weight excluding hydrogens is 355 g/mol. The van der Waals surface area contributed by atoms with Crippen molar-refractivity contribution < 1.29 is 64.7 Å². The van der Waals surface area contributed by atoms with Crippen molar-refractivity contribution in [3.8, 4) is 0 Å². The average molecular weight is 366 g/mol. The van der Waals surface area contributed by atoms with E-state index in [2.05, 4.69) is 48.5 Å². The van der Waals surface area contributed by atoms with Crippen molar-refractivity contribution in [1.82, 2.24) is 0 Å². The zero-order chi connectivity index (χ0) is 17.9. The monoisotopic (exact) mass is 366 g/mol. The Kier molecular flexibility index (Phi) is 8.18. The van der Waals surface area contributed by atoms with Crippen LogP contribution in [0, 0.1) is 6.92 Å². The smallest absolute Gasteiger partial charge is 0.268 e. The first-order chi connectivity index (χ1) is 10.4. The van der Waals surface area contributed by atoms with E-state index < -0.39 is 24.2 Å². The van der Waals surface area contributed by atoms with Gasteiger partial charge in [0.2, 0.25) is 0 Å². The van der Waals surface area contributed by atoms with E-state index >= 15 is 0 Å². The predicted molar refractivity (Wildman–Crippen MR) is 70.2 cm³/mol. The fraction of sp³-hybridized carbons (Fsp3) is 0.267. The third-order valence-electron chi connectivity index (χ3n) is 2.81. The minimum atomic E-state index is -6.17. The standard InChI is InChI=1S/C10H8.C5H3F8.Na/c1-2-6-10-8-4-3-7-9(10)5-1;1-3(8,9)5(12,13)4(10,11)2(6)7;/h1-8H;2H,1H2;/q;-1;+1. The van der Waals surface area contributed by atoms with Crippen LogP contribution in [0.4, 0.5) is 35.1 Å². The van der Waals surface area contributed by atoms with Crippen LogP contribution in [0.2, 0.25) is 0 Å². The van der Waals surface area contributed by atoms with Crippen molar-refractivity contribution in [2.75, 3.05) is 0 Å². The van der Waals surface area contributed by atoms with E-state index in [1.54, 1.807) is 0 Å². The molecule has 0 saturated carbocycles. The van der Waals surface area contributed by atoms with Crippen molar-refractivity contribution >= 4 is 10.8 Å². The Morgan fingerprint density at radius 1 is 0.708 bits per heavy atom. The van der Waals surface area contributed by atoms with Crippen molar-refractivity contribution in [3.63, 3.8) is 0 Å². The van der Waals surface area contributed by atoms with E-state index in [1.807, 2.05) is 0 Å². The molecular formula is C15H11F8Na. The number of hydrogen-bond donors (Lipinski definition) is 0.